The number of nitrogens with two attached hydrogens (primary N) is 1. The van der Waals surface area contributed by atoms with Crippen LogP contribution in [-0.4, -0.2) is 22.8 Å². The number of nitrogens with zero attached hydrogens (tertiary/aromatic N) is 2. The molecule has 6 heteroatoms. The summed E-state index contributed by atoms with van der Waals surface area (Å²) in [5.74, 6) is -0.0564. The smallest absolute Gasteiger partial charge is 0.254 e. The van der Waals surface area contributed by atoms with Crippen molar-refractivity contribution in [2.24, 2.45) is 0 Å². The standard InChI is InChI=1S/C13H14BrN3OS/c1-8-16-6-12(19-8)7-17(2)13(18)9-3-10(14)5-11(15)4-9/h3-6H,7,15H2,1-2H3. The fraction of sp³-hybridized carbons (Fsp3) is 0.231. The van der Waals surface area contributed by atoms with Crippen LogP contribution in [0.2, 0.25) is 0 Å². The third kappa shape index (κ3) is 3.54. The number of halogens is 1. The Morgan fingerprint density at radius 2 is 2.21 bits per heavy atom. The van der Waals surface area contributed by atoms with Gasteiger partial charge in [0.2, 0.25) is 0 Å². The number of aryl methyl sites for hydroxylation is 1. The molecule has 0 atom stereocenters. The molecule has 0 saturated carbocycles. The summed E-state index contributed by atoms with van der Waals surface area (Å²) < 4.78 is 0.804. The number of hydrogen-bond acceptors (Lipinski definition) is 4. The second-order valence-electron chi connectivity index (χ2n) is 4.28. The highest BCUT2D eigenvalue weighted by Crippen LogP contribution is 2.20. The number of carbonyl (C=O) groups is 1. The van der Waals surface area contributed by atoms with Gasteiger partial charge < -0.3 is 10.6 Å². The molecule has 0 aliphatic rings. The molecule has 0 fully saturated rings. The van der Waals surface area contributed by atoms with Crippen molar-refractivity contribution in [3.8, 4) is 0 Å². The Kier molecular flexibility index (Phi) is 4.21. The molecule has 1 aromatic carbocycles. The third-order valence-corrected chi connectivity index (χ3v) is 3.93. The quantitative estimate of drug-likeness (QED) is 0.874. The molecule has 0 spiro atoms. The van der Waals surface area contributed by atoms with E-state index in [1.165, 1.54) is 0 Å². The fourth-order valence-corrected chi connectivity index (χ4v) is 3.10. The van der Waals surface area contributed by atoms with Gasteiger partial charge in [0.05, 0.1) is 11.6 Å². The van der Waals surface area contributed by atoms with E-state index in [0.717, 1.165) is 14.4 Å². The number of amides is 1. The van der Waals surface area contributed by atoms with Crippen LogP contribution in [0.5, 0.6) is 0 Å². The summed E-state index contributed by atoms with van der Waals surface area (Å²) in [6, 6.07) is 5.22. The van der Waals surface area contributed by atoms with Gasteiger partial charge in [-0.3, -0.25) is 4.79 Å². The first-order chi connectivity index (χ1) is 8.95. The summed E-state index contributed by atoms with van der Waals surface area (Å²) >= 11 is 4.94. The molecule has 0 saturated heterocycles. The van der Waals surface area contributed by atoms with Crippen molar-refractivity contribution in [3.05, 3.63) is 44.3 Å². The summed E-state index contributed by atoms with van der Waals surface area (Å²) in [5.41, 5.74) is 6.89. The maximum absolute atomic E-state index is 12.3. The zero-order valence-electron chi connectivity index (χ0n) is 10.7. The highest BCUT2D eigenvalue weighted by atomic mass is 79.9. The van der Waals surface area contributed by atoms with Gasteiger partial charge in [-0.1, -0.05) is 15.9 Å². The minimum Gasteiger partial charge on any atom is -0.399 e. The number of nitrogen functional groups attached to an aromatic ring is 1. The van der Waals surface area contributed by atoms with Gasteiger partial charge >= 0.3 is 0 Å². The Labute approximate surface area is 124 Å². The van der Waals surface area contributed by atoms with E-state index in [0.29, 0.717) is 17.8 Å². The molecule has 1 aromatic heterocycles. The molecule has 2 rings (SSSR count). The topological polar surface area (TPSA) is 59.2 Å². The summed E-state index contributed by atoms with van der Waals surface area (Å²) in [5, 5.41) is 1.00. The van der Waals surface area contributed by atoms with Crippen molar-refractivity contribution in [3.63, 3.8) is 0 Å². The van der Waals surface area contributed by atoms with Crippen LogP contribution in [0, 0.1) is 6.92 Å². The fourth-order valence-electron chi connectivity index (χ4n) is 1.74. The molecule has 0 aliphatic carbocycles. The van der Waals surface area contributed by atoms with Gasteiger partial charge in [0.15, 0.2) is 0 Å². The lowest BCUT2D eigenvalue weighted by Crippen LogP contribution is -2.25. The van der Waals surface area contributed by atoms with Gasteiger partial charge in [0, 0.05) is 33.8 Å². The monoisotopic (exact) mass is 339 g/mol. The average Bonchev–Trinajstić information content (AvgIpc) is 2.72. The zero-order chi connectivity index (χ0) is 14.0. The summed E-state index contributed by atoms with van der Waals surface area (Å²) in [6.45, 7) is 2.50. The molecule has 2 aromatic rings. The maximum atomic E-state index is 12.3. The lowest BCUT2D eigenvalue weighted by molar-refractivity contribution is 0.0786. The number of thiazole rings is 1. The number of anilines is 1. The van der Waals surface area contributed by atoms with Gasteiger partial charge in [-0.15, -0.1) is 11.3 Å². The maximum Gasteiger partial charge on any atom is 0.254 e. The first kappa shape index (κ1) is 14.0. The number of rotatable bonds is 3. The predicted octanol–water partition coefficient (Wildman–Crippen LogP) is 3.07. The van der Waals surface area contributed by atoms with Crippen molar-refractivity contribution in [2.75, 3.05) is 12.8 Å². The van der Waals surface area contributed by atoms with Crippen molar-refractivity contribution in [1.82, 2.24) is 9.88 Å². The normalized spacial score (nSPS) is 10.5. The van der Waals surface area contributed by atoms with Crippen molar-refractivity contribution in [2.45, 2.75) is 13.5 Å². The molecule has 0 bridgehead atoms. The molecule has 100 valence electrons. The Hall–Kier alpha value is -1.40. The van der Waals surface area contributed by atoms with E-state index in [9.17, 15) is 4.79 Å². The van der Waals surface area contributed by atoms with Crippen LogP contribution < -0.4 is 5.73 Å². The molecular weight excluding hydrogens is 326 g/mol. The van der Waals surface area contributed by atoms with Crippen molar-refractivity contribution in [1.29, 1.82) is 0 Å². The molecule has 2 N–H and O–H groups in total. The van der Waals surface area contributed by atoms with Crippen LogP contribution in [0.1, 0.15) is 20.2 Å². The summed E-state index contributed by atoms with van der Waals surface area (Å²) in [7, 11) is 1.77. The van der Waals surface area contributed by atoms with Gasteiger partial charge in [-0.25, -0.2) is 4.98 Å². The van der Waals surface area contributed by atoms with Crippen LogP contribution in [0.25, 0.3) is 0 Å². The minimum absolute atomic E-state index is 0.0564. The Morgan fingerprint density at radius 3 is 2.79 bits per heavy atom. The zero-order valence-corrected chi connectivity index (χ0v) is 13.1. The van der Waals surface area contributed by atoms with E-state index in [2.05, 4.69) is 20.9 Å². The van der Waals surface area contributed by atoms with Gasteiger partial charge in [-0.05, 0) is 25.1 Å². The SMILES string of the molecule is Cc1ncc(CN(C)C(=O)c2cc(N)cc(Br)c2)s1. The first-order valence-corrected chi connectivity index (χ1v) is 7.29. The highest BCUT2D eigenvalue weighted by molar-refractivity contribution is 9.10. The minimum atomic E-state index is -0.0564. The Balaban J connectivity index is 2.14. The van der Waals surface area contributed by atoms with Crippen LogP contribution in [0.4, 0.5) is 5.69 Å². The van der Waals surface area contributed by atoms with Crippen LogP contribution in [0.3, 0.4) is 0 Å². The van der Waals surface area contributed by atoms with Crippen LogP contribution in [0.15, 0.2) is 28.9 Å². The summed E-state index contributed by atoms with van der Waals surface area (Å²) in [6.07, 6.45) is 1.80. The molecule has 1 heterocycles. The van der Waals surface area contributed by atoms with E-state index in [-0.39, 0.29) is 5.91 Å². The number of benzene rings is 1. The van der Waals surface area contributed by atoms with Gasteiger partial charge in [-0.2, -0.15) is 0 Å². The second-order valence-corrected chi connectivity index (χ2v) is 6.52. The van der Waals surface area contributed by atoms with E-state index < -0.39 is 0 Å². The van der Waals surface area contributed by atoms with E-state index in [1.54, 1.807) is 47.7 Å². The lowest BCUT2D eigenvalue weighted by Gasteiger charge is -2.16. The molecule has 0 radical (unpaired) electrons. The first-order valence-electron chi connectivity index (χ1n) is 5.68. The van der Waals surface area contributed by atoms with E-state index in [4.69, 9.17) is 5.73 Å². The van der Waals surface area contributed by atoms with Gasteiger partial charge in [0.1, 0.15) is 0 Å². The highest BCUT2D eigenvalue weighted by Gasteiger charge is 2.14. The Bertz CT molecular complexity index is 591. The predicted molar refractivity (Wildman–Crippen MR) is 81.2 cm³/mol. The second kappa shape index (κ2) is 5.71. The number of carbonyl (C=O) groups excluding carboxylic acids is 1. The van der Waals surface area contributed by atoms with Crippen LogP contribution >= 0.6 is 27.3 Å². The van der Waals surface area contributed by atoms with E-state index in [1.807, 2.05) is 6.92 Å². The number of aromatic nitrogens is 1. The van der Waals surface area contributed by atoms with Crippen molar-refractivity contribution < 1.29 is 4.79 Å². The largest absolute Gasteiger partial charge is 0.399 e. The third-order valence-electron chi connectivity index (χ3n) is 2.58. The molecule has 4 nitrogen and oxygen atoms in total. The van der Waals surface area contributed by atoms with Gasteiger partial charge in [0.25, 0.3) is 5.91 Å². The molecule has 1 amide bonds. The summed E-state index contributed by atoms with van der Waals surface area (Å²) in [4.78, 5) is 19.2. The molecule has 19 heavy (non-hydrogen) atoms. The number of hydrogen-bond donors (Lipinski definition) is 1. The Morgan fingerprint density at radius 1 is 1.47 bits per heavy atom. The average molecular weight is 340 g/mol. The van der Waals surface area contributed by atoms with E-state index >= 15 is 0 Å². The van der Waals surface area contributed by atoms with Crippen molar-refractivity contribution >= 4 is 38.9 Å². The molecule has 0 aliphatic heterocycles. The lowest BCUT2D eigenvalue weighted by atomic mass is 10.2. The van der Waals surface area contributed by atoms with Crippen LogP contribution in [-0.2, 0) is 6.54 Å². The molecule has 0 unspecified atom stereocenters. The molecular formula is C13H14BrN3OS.